The molecule has 0 aliphatic carbocycles. The van der Waals surface area contributed by atoms with E-state index in [1.165, 1.54) is 0 Å². The van der Waals surface area contributed by atoms with Crippen LogP contribution in [0.2, 0.25) is 0 Å². The Labute approximate surface area is 76.4 Å². The van der Waals surface area contributed by atoms with Gasteiger partial charge in [0.15, 0.2) is 0 Å². The lowest BCUT2D eigenvalue weighted by Gasteiger charge is -1.97. The van der Waals surface area contributed by atoms with Gasteiger partial charge in [-0.15, -0.1) is 0 Å². The zero-order valence-corrected chi connectivity index (χ0v) is 8.47. The molecule has 0 aliphatic rings. The maximum Gasteiger partial charge on any atom is 0.0711 e. The van der Waals surface area contributed by atoms with E-state index in [-0.39, 0.29) is 0 Å². The van der Waals surface area contributed by atoms with Crippen LogP contribution in [0.4, 0.5) is 0 Å². The SMILES string of the molecule is C=C/C=C\C(=C)COCC.CC. The van der Waals surface area contributed by atoms with Crippen LogP contribution in [0.3, 0.4) is 0 Å². The Kier molecular flexibility index (Phi) is 14.7. The first-order valence-electron chi connectivity index (χ1n) is 4.36. The Morgan fingerprint density at radius 1 is 1.42 bits per heavy atom. The van der Waals surface area contributed by atoms with Crippen LogP contribution < -0.4 is 0 Å². The topological polar surface area (TPSA) is 9.23 Å². The monoisotopic (exact) mass is 168 g/mol. The van der Waals surface area contributed by atoms with Gasteiger partial charge in [0, 0.05) is 6.61 Å². The largest absolute Gasteiger partial charge is 0.377 e. The van der Waals surface area contributed by atoms with E-state index < -0.39 is 0 Å². The van der Waals surface area contributed by atoms with Crippen molar-refractivity contribution in [1.82, 2.24) is 0 Å². The van der Waals surface area contributed by atoms with Crippen molar-refractivity contribution >= 4 is 0 Å². The molecule has 0 radical (unpaired) electrons. The average Bonchev–Trinajstić information content (AvgIpc) is 2.14. The van der Waals surface area contributed by atoms with E-state index in [9.17, 15) is 0 Å². The number of hydrogen-bond acceptors (Lipinski definition) is 1. The predicted molar refractivity (Wildman–Crippen MR) is 56.3 cm³/mol. The number of rotatable bonds is 5. The second-order valence-electron chi connectivity index (χ2n) is 1.89. The summed E-state index contributed by atoms with van der Waals surface area (Å²) in [5, 5.41) is 0. The van der Waals surface area contributed by atoms with E-state index >= 15 is 0 Å². The zero-order valence-electron chi connectivity index (χ0n) is 8.47. The van der Waals surface area contributed by atoms with Gasteiger partial charge in [0.1, 0.15) is 0 Å². The van der Waals surface area contributed by atoms with Crippen molar-refractivity contribution in [3.05, 3.63) is 37.0 Å². The summed E-state index contributed by atoms with van der Waals surface area (Å²) in [5.41, 5.74) is 0.974. The fraction of sp³-hybridized carbons (Fsp3) is 0.455. The van der Waals surface area contributed by atoms with Gasteiger partial charge >= 0.3 is 0 Å². The summed E-state index contributed by atoms with van der Waals surface area (Å²) in [6.45, 7) is 14.6. The van der Waals surface area contributed by atoms with Crippen molar-refractivity contribution < 1.29 is 4.74 Å². The lowest BCUT2D eigenvalue weighted by Crippen LogP contribution is -1.93. The molecule has 1 nitrogen and oxygen atoms in total. The summed E-state index contributed by atoms with van der Waals surface area (Å²) < 4.78 is 5.11. The van der Waals surface area contributed by atoms with Crippen LogP contribution in [0.1, 0.15) is 20.8 Å². The summed E-state index contributed by atoms with van der Waals surface area (Å²) in [6, 6.07) is 0. The molecule has 12 heavy (non-hydrogen) atoms. The van der Waals surface area contributed by atoms with Crippen molar-refractivity contribution in [3.63, 3.8) is 0 Å². The fourth-order valence-electron chi connectivity index (χ4n) is 0.485. The molecule has 0 rings (SSSR count). The molecule has 0 atom stereocenters. The van der Waals surface area contributed by atoms with E-state index in [1.807, 2.05) is 32.9 Å². The van der Waals surface area contributed by atoms with Crippen LogP contribution in [-0.2, 0) is 4.74 Å². The molecule has 0 N–H and O–H groups in total. The van der Waals surface area contributed by atoms with Crippen LogP contribution >= 0.6 is 0 Å². The second-order valence-corrected chi connectivity index (χ2v) is 1.89. The van der Waals surface area contributed by atoms with Gasteiger partial charge in [-0.2, -0.15) is 0 Å². The van der Waals surface area contributed by atoms with Gasteiger partial charge in [0.05, 0.1) is 6.61 Å². The Morgan fingerprint density at radius 3 is 2.42 bits per heavy atom. The predicted octanol–water partition coefficient (Wildman–Crippen LogP) is 3.35. The minimum absolute atomic E-state index is 0.612. The van der Waals surface area contributed by atoms with Crippen molar-refractivity contribution in [2.45, 2.75) is 20.8 Å². The number of hydrogen-bond donors (Lipinski definition) is 0. The molecule has 1 heteroatoms. The van der Waals surface area contributed by atoms with Gasteiger partial charge in [-0.05, 0) is 12.5 Å². The van der Waals surface area contributed by atoms with E-state index in [4.69, 9.17) is 4.74 Å². The average molecular weight is 168 g/mol. The van der Waals surface area contributed by atoms with Crippen LogP contribution in [0.5, 0.6) is 0 Å². The molecule has 0 saturated heterocycles. The number of allylic oxidation sites excluding steroid dienone is 2. The Hall–Kier alpha value is -0.820. The third-order valence-corrected chi connectivity index (χ3v) is 0.960. The summed E-state index contributed by atoms with van der Waals surface area (Å²) in [5.74, 6) is 0. The lowest BCUT2D eigenvalue weighted by atomic mass is 10.3. The minimum Gasteiger partial charge on any atom is -0.377 e. The van der Waals surface area contributed by atoms with Crippen LogP contribution in [0, 0.1) is 0 Å². The Bertz CT molecular complexity index is 134. The standard InChI is InChI=1S/C9H14O.C2H6/c1-4-6-7-9(3)8-10-5-2;1-2/h4,6-7H,1,3,5,8H2,2H3;1-2H3/b7-6-;. The highest BCUT2D eigenvalue weighted by Gasteiger charge is 1.84. The summed E-state index contributed by atoms with van der Waals surface area (Å²) in [6.07, 6.45) is 5.46. The molecular weight excluding hydrogens is 148 g/mol. The first-order chi connectivity index (χ1) is 5.81. The van der Waals surface area contributed by atoms with Crippen LogP contribution in [0.15, 0.2) is 37.0 Å². The molecule has 0 fully saturated rings. The summed E-state index contributed by atoms with van der Waals surface area (Å²) in [4.78, 5) is 0. The Balaban J connectivity index is 0. The van der Waals surface area contributed by atoms with Crippen molar-refractivity contribution in [2.24, 2.45) is 0 Å². The first-order valence-corrected chi connectivity index (χ1v) is 4.36. The third kappa shape index (κ3) is 11.9. The highest BCUT2D eigenvalue weighted by molar-refractivity contribution is 5.18. The molecule has 0 aromatic heterocycles. The quantitative estimate of drug-likeness (QED) is 0.572. The van der Waals surface area contributed by atoms with E-state index in [2.05, 4.69) is 13.2 Å². The van der Waals surface area contributed by atoms with E-state index in [1.54, 1.807) is 6.08 Å². The summed E-state index contributed by atoms with van der Waals surface area (Å²) in [7, 11) is 0. The molecule has 0 heterocycles. The lowest BCUT2D eigenvalue weighted by molar-refractivity contribution is 0.173. The van der Waals surface area contributed by atoms with Crippen molar-refractivity contribution in [2.75, 3.05) is 13.2 Å². The highest BCUT2D eigenvalue weighted by atomic mass is 16.5. The minimum atomic E-state index is 0.612. The third-order valence-electron chi connectivity index (χ3n) is 0.960. The molecule has 0 spiro atoms. The Morgan fingerprint density at radius 2 is 2.00 bits per heavy atom. The molecule has 0 bridgehead atoms. The van der Waals surface area contributed by atoms with Crippen molar-refractivity contribution in [3.8, 4) is 0 Å². The molecule has 0 amide bonds. The van der Waals surface area contributed by atoms with Gasteiger partial charge in [-0.3, -0.25) is 0 Å². The normalized spacial score (nSPS) is 8.92. The van der Waals surface area contributed by atoms with E-state index in [0.717, 1.165) is 12.2 Å². The first kappa shape index (κ1) is 13.7. The molecule has 0 aliphatic heterocycles. The summed E-state index contributed by atoms with van der Waals surface area (Å²) >= 11 is 0. The van der Waals surface area contributed by atoms with Crippen LogP contribution in [-0.4, -0.2) is 13.2 Å². The molecule has 0 aromatic rings. The molecule has 0 aromatic carbocycles. The number of ether oxygens (including phenoxy) is 1. The molecule has 0 saturated carbocycles. The smallest absolute Gasteiger partial charge is 0.0711 e. The van der Waals surface area contributed by atoms with Gasteiger partial charge in [0.2, 0.25) is 0 Å². The van der Waals surface area contributed by atoms with Crippen molar-refractivity contribution in [1.29, 1.82) is 0 Å². The zero-order chi connectivity index (χ0) is 9.82. The van der Waals surface area contributed by atoms with Gasteiger partial charge in [-0.1, -0.05) is 45.2 Å². The molecule has 0 unspecified atom stereocenters. The van der Waals surface area contributed by atoms with Gasteiger partial charge < -0.3 is 4.74 Å². The fourth-order valence-corrected chi connectivity index (χ4v) is 0.485. The van der Waals surface area contributed by atoms with Gasteiger partial charge in [-0.25, -0.2) is 0 Å². The molecular formula is C11H20O. The van der Waals surface area contributed by atoms with Crippen LogP contribution in [0.25, 0.3) is 0 Å². The maximum absolute atomic E-state index is 5.11. The maximum atomic E-state index is 5.11. The second kappa shape index (κ2) is 12.8. The highest BCUT2D eigenvalue weighted by Crippen LogP contribution is 1.93. The van der Waals surface area contributed by atoms with Gasteiger partial charge in [0.25, 0.3) is 0 Å². The molecule has 70 valence electrons. The van der Waals surface area contributed by atoms with E-state index in [0.29, 0.717) is 6.61 Å².